The van der Waals surface area contributed by atoms with Crippen molar-refractivity contribution in [1.29, 1.82) is 0 Å². The van der Waals surface area contributed by atoms with Gasteiger partial charge < -0.3 is 14.0 Å². The highest BCUT2D eigenvalue weighted by Gasteiger charge is 2.65. The molecule has 1 heterocycles. The van der Waals surface area contributed by atoms with Gasteiger partial charge in [-0.15, -0.1) is 0 Å². The van der Waals surface area contributed by atoms with E-state index in [9.17, 15) is 4.79 Å². The molecule has 0 aromatic rings. The quantitative estimate of drug-likeness (QED) is 0.576. The lowest BCUT2D eigenvalue weighted by atomic mass is 9.62. The third-order valence-electron chi connectivity index (χ3n) is 6.03. The molecule has 20 heavy (non-hydrogen) atoms. The lowest BCUT2D eigenvalue weighted by Crippen LogP contribution is -2.41. The Hall–Kier alpha value is -0.545. The Kier molecular flexibility index (Phi) is 3.05. The summed E-state index contributed by atoms with van der Waals surface area (Å²) in [6.07, 6.45) is 3.91. The molecule has 0 spiro atoms. The number of carbonyl (C=O) groups is 1. The van der Waals surface area contributed by atoms with E-state index in [4.69, 9.17) is 14.0 Å². The number of rotatable bonds is 2. The Morgan fingerprint density at radius 2 is 1.80 bits per heavy atom. The van der Waals surface area contributed by atoms with E-state index in [1.807, 2.05) is 0 Å². The van der Waals surface area contributed by atoms with E-state index in [0.717, 1.165) is 25.7 Å². The van der Waals surface area contributed by atoms with Gasteiger partial charge >= 0.3 is 13.1 Å². The number of ether oxygens (including phenoxy) is 1. The van der Waals surface area contributed by atoms with Crippen LogP contribution < -0.4 is 0 Å². The van der Waals surface area contributed by atoms with E-state index in [1.165, 1.54) is 7.11 Å². The van der Waals surface area contributed by atoms with Gasteiger partial charge in [0.2, 0.25) is 0 Å². The van der Waals surface area contributed by atoms with Gasteiger partial charge in [0.25, 0.3) is 0 Å². The number of methoxy groups -OCH3 is 1. The third kappa shape index (κ3) is 1.93. The molecule has 3 fully saturated rings. The second-order valence-corrected chi connectivity index (χ2v) is 7.71. The Morgan fingerprint density at radius 3 is 2.30 bits per heavy atom. The second kappa shape index (κ2) is 4.23. The van der Waals surface area contributed by atoms with Gasteiger partial charge in [-0.25, -0.2) is 0 Å². The average molecular weight is 280 g/mol. The Labute approximate surface area is 121 Å². The zero-order valence-electron chi connectivity index (χ0n) is 13.2. The van der Waals surface area contributed by atoms with Crippen molar-refractivity contribution in [3.8, 4) is 0 Å². The highest BCUT2D eigenvalue weighted by atomic mass is 16.7. The van der Waals surface area contributed by atoms with Gasteiger partial charge in [-0.2, -0.15) is 0 Å². The first-order valence-electron chi connectivity index (χ1n) is 7.66. The van der Waals surface area contributed by atoms with Crippen LogP contribution in [-0.4, -0.2) is 31.4 Å². The third-order valence-corrected chi connectivity index (χ3v) is 6.03. The van der Waals surface area contributed by atoms with Crippen LogP contribution in [0.2, 0.25) is 5.82 Å². The summed E-state index contributed by atoms with van der Waals surface area (Å²) in [7, 11) is 1.36. The molecule has 3 rings (SSSR count). The van der Waals surface area contributed by atoms with Crippen LogP contribution in [0, 0.1) is 11.3 Å². The molecule has 2 saturated carbocycles. The SMILES string of the molecule is COC(=O)C12CCC(B3OC(C)(C)C(C)(C)O3)CC1C2. The van der Waals surface area contributed by atoms with Crippen molar-refractivity contribution in [2.24, 2.45) is 11.3 Å². The van der Waals surface area contributed by atoms with Crippen LogP contribution in [0.25, 0.3) is 0 Å². The van der Waals surface area contributed by atoms with Gasteiger partial charge in [0, 0.05) is 0 Å². The Balaban J connectivity index is 1.65. The van der Waals surface area contributed by atoms with Crippen LogP contribution >= 0.6 is 0 Å². The molecule has 3 atom stereocenters. The maximum Gasteiger partial charge on any atom is 0.461 e. The van der Waals surface area contributed by atoms with Crippen LogP contribution in [0.15, 0.2) is 0 Å². The molecule has 1 saturated heterocycles. The fourth-order valence-electron chi connectivity index (χ4n) is 3.81. The summed E-state index contributed by atoms with van der Waals surface area (Å²) in [4.78, 5) is 11.9. The summed E-state index contributed by atoms with van der Waals surface area (Å²) >= 11 is 0. The normalized spacial score (nSPS) is 41.1. The minimum atomic E-state index is -0.266. The molecule has 0 amide bonds. The molecule has 1 aliphatic heterocycles. The Morgan fingerprint density at radius 1 is 1.20 bits per heavy atom. The molecule has 0 radical (unpaired) electrons. The first kappa shape index (κ1) is 14.4. The van der Waals surface area contributed by atoms with E-state index >= 15 is 0 Å². The monoisotopic (exact) mass is 280 g/mol. The van der Waals surface area contributed by atoms with Crippen molar-refractivity contribution in [1.82, 2.24) is 0 Å². The molecule has 112 valence electrons. The van der Waals surface area contributed by atoms with Crippen molar-refractivity contribution in [3.05, 3.63) is 0 Å². The second-order valence-electron chi connectivity index (χ2n) is 7.71. The van der Waals surface area contributed by atoms with Crippen LogP contribution in [0.5, 0.6) is 0 Å². The van der Waals surface area contributed by atoms with Crippen molar-refractivity contribution in [2.45, 2.75) is 70.4 Å². The number of esters is 1. The average Bonchev–Trinajstić information content (AvgIpc) is 3.05. The first-order valence-corrected chi connectivity index (χ1v) is 7.66. The molecular formula is C15H25BO4. The van der Waals surface area contributed by atoms with Gasteiger partial charge in [-0.3, -0.25) is 4.79 Å². The maximum absolute atomic E-state index is 11.9. The molecule has 5 heteroatoms. The Bertz CT molecular complexity index is 418. The van der Waals surface area contributed by atoms with Crippen LogP contribution in [-0.2, 0) is 18.8 Å². The summed E-state index contributed by atoms with van der Waals surface area (Å²) < 4.78 is 17.3. The first-order chi connectivity index (χ1) is 9.22. The highest BCUT2D eigenvalue weighted by molar-refractivity contribution is 6.47. The van der Waals surface area contributed by atoms with Crippen molar-refractivity contribution in [2.75, 3.05) is 7.11 Å². The zero-order valence-corrected chi connectivity index (χ0v) is 13.2. The molecule has 3 aliphatic rings. The van der Waals surface area contributed by atoms with E-state index in [-0.39, 0.29) is 29.7 Å². The minimum absolute atomic E-state index is 0.0186. The lowest BCUT2D eigenvalue weighted by Gasteiger charge is -2.32. The minimum Gasteiger partial charge on any atom is -0.469 e. The van der Waals surface area contributed by atoms with Crippen molar-refractivity contribution < 1.29 is 18.8 Å². The van der Waals surface area contributed by atoms with Gasteiger partial charge in [0.15, 0.2) is 0 Å². The number of fused-ring (bicyclic) bond motifs is 1. The number of hydrogen-bond acceptors (Lipinski definition) is 4. The van der Waals surface area contributed by atoms with E-state index in [2.05, 4.69) is 27.7 Å². The van der Waals surface area contributed by atoms with Crippen molar-refractivity contribution >= 4 is 13.1 Å². The maximum atomic E-state index is 11.9. The summed E-state index contributed by atoms with van der Waals surface area (Å²) in [6.45, 7) is 8.36. The largest absolute Gasteiger partial charge is 0.469 e. The van der Waals surface area contributed by atoms with E-state index in [1.54, 1.807) is 0 Å². The summed E-state index contributed by atoms with van der Waals surface area (Å²) in [5.74, 6) is 0.851. The fourth-order valence-corrected chi connectivity index (χ4v) is 3.81. The molecule has 0 bridgehead atoms. The van der Waals surface area contributed by atoms with Gasteiger partial charge in [0.1, 0.15) is 0 Å². The van der Waals surface area contributed by atoms with Crippen LogP contribution in [0.3, 0.4) is 0 Å². The van der Waals surface area contributed by atoms with Gasteiger partial charge in [-0.1, -0.05) is 6.42 Å². The predicted octanol–water partition coefficient (Wildman–Crippen LogP) is 2.81. The standard InChI is InChI=1S/C15H25BO4/c1-13(2)14(3,4)20-16(19-13)11-6-7-15(12(17)18-5)9-10(15)8-11/h10-11H,6-9H2,1-5H3. The van der Waals surface area contributed by atoms with Crippen LogP contribution in [0.4, 0.5) is 0 Å². The van der Waals surface area contributed by atoms with Crippen LogP contribution in [0.1, 0.15) is 53.4 Å². The predicted molar refractivity (Wildman–Crippen MR) is 76.2 cm³/mol. The summed E-state index contributed by atoms with van der Waals surface area (Å²) in [5, 5.41) is 0. The molecule has 4 nitrogen and oxygen atoms in total. The van der Waals surface area contributed by atoms with Crippen molar-refractivity contribution in [3.63, 3.8) is 0 Å². The van der Waals surface area contributed by atoms with Gasteiger partial charge in [0.05, 0.1) is 23.7 Å². The smallest absolute Gasteiger partial charge is 0.461 e. The van der Waals surface area contributed by atoms with E-state index < -0.39 is 0 Å². The molecule has 0 N–H and O–H groups in total. The summed E-state index contributed by atoms with van der Waals surface area (Å²) in [6, 6.07) is 0. The number of hydrogen-bond donors (Lipinski definition) is 0. The molecular weight excluding hydrogens is 255 g/mol. The molecule has 0 aromatic heterocycles. The summed E-state index contributed by atoms with van der Waals surface area (Å²) in [5.41, 5.74) is -0.703. The molecule has 2 aliphatic carbocycles. The van der Waals surface area contributed by atoms with Gasteiger partial charge in [-0.05, 0) is 58.7 Å². The lowest BCUT2D eigenvalue weighted by molar-refractivity contribution is -0.148. The van der Waals surface area contributed by atoms with E-state index in [0.29, 0.717) is 11.7 Å². The fraction of sp³-hybridized carbons (Fsp3) is 0.933. The topological polar surface area (TPSA) is 44.8 Å². The molecule has 3 unspecified atom stereocenters. The highest BCUT2D eigenvalue weighted by Crippen LogP contribution is 2.65. The zero-order chi connectivity index (χ0) is 14.8. The molecule has 0 aromatic carbocycles. The number of carbonyl (C=O) groups excluding carboxylic acids is 1.